The Morgan fingerprint density at radius 1 is 1.15 bits per heavy atom. The molecule has 2 aromatic heterocycles. The van der Waals surface area contributed by atoms with Crippen LogP contribution in [0.5, 0.6) is 11.5 Å². The highest BCUT2D eigenvalue weighted by Crippen LogP contribution is 2.30. The van der Waals surface area contributed by atoms with E-state index in [0.29, 0.717) is 51.8 Å². The van der Waals surface area contributed by atoms with Crippen LogP contribution in [-0.2, 0) is 16.0 Å². The number of amides is 1. The molecule has 3 aromatic rings. The van der Waals surface area contributed by atoms with Crippen molar-refractivity contribution in [2.75, 3.05) is 44.4 Å². The van der Waals surface area contributed by atoms with Gasteiger partial charge in [0.2, 0.25) is 5.95 Å². The highest BCUT2D eigenvalue weighted by atomic mass is 16.6. The molecule has 1 N–H and O–H groups in total. The summed E-state index contributed by atoms with van der Waals surface area (Å²) in [7, 11) is 0. The van der Waals surface area contributed by atoms with Crippen molar-refractivity contribution in [2.45, 2.75) is 19.4 Å². The zero-order valence-corrected chi connectivity index (χ0v) is 18.4. The number of anilines is 1. The lowest BCUT2D eigenvalue weighted by Crippen LogP contribution is -2.50. The number of ether oxygens (including phenoxy) is 3. The third kappa shape index (κ3) is 4.90. The Hall–Kier alpha value is -3.66. The van der Waals surface area contributed by atoms with Gasteiger partial charge < -0.3 is 24.4 Å². The number of aryl methyl sites for hydroxylation is 1. The Labute approximate surface area is 191 Å². The Morgan fingerprint density at radius 2 is 2.03 bits per heavy atom. The molecule has 1 atom stereocenters. The maximum absolute atomic E-state index is 12.8. The average molecular weight is 450 g/mol. The van der Waals surface area contributed by atoms with Gasteiger partial charge in [0.15, 0.2) is 17.6 Å². The molecule has 10 nitrogen and oxygen atoms in total. The summed E-state index contributed by atoms with van der Waals surface area (Å²) in [5, 5.41) is 2.99. The van der Waals surface area contributed by atoms with Crippen LogP contribution in [0.1, 0.15) is 11.3 Å². The van der Waals surface area contributed by atoms with E-state index in [1.54, 1.807) is 23.3 Å². The zero-order chi connectivity index (χ0) is 22.6. The van der Waals surface area contributed by atoms with Crippen molar-refractivity contribution in [1.82, 2.24) is 24.8 Å². The van der Waals surface area contributed by atoms with Crippen LogP contribution in [0.3, 0.4) is 0 Å². The molecule has 0 saturated carbocycles. The van der Waals surface area contributed by atoms with Gasteiger partial charge >= 0.3 is 0 Å². The predicted octanol–water partition coefficient (Wildman–Crippen LogP) is 1.31. The summed E-state index contributed by atoms with van der Waals surface area (Å²) in [6, 6.07) is 7.79. The lowest BCUT2D eigenvalue weighted by Gasteiger charge is -2.33. The van der Waals surface area contributed by atoms with Gasteiger partial charge in [-0.2, -0.15) is 4.98 Å². The standard InChI is InChI=1S/C23H26N6O4/c1-16-12-21(27-23(26-16)29-7-6-24-15-29)28-8-9-31-20(14-28)22(30)25-5-4-17-2-3-18-19(13-17)33-11-10-32-18/h2-3,6-7,12-13,15,20H,4-5,8-11,14H2,1H3,(H,25,30). The smallest absolute Gasteiger partial charge is 0.250 e. The van der Waals surface area contributed by atoms with Crippen molar-refractivity contribution in [3.8, 4) is 17.4 Å². The SMILES string of the molecule is Cc1cc(N2CCOC(C(=O)NCCc3ccc4c(c3)OCCO4)C2)nc(-n2ccnc2)n1. The van der Waals surface area contributed by atoms with Crippen LogP contribution < -0.4 is 19.7 Å². The van der Waals surface area contributed by atoms with Gasteiger partial charge in [0.25, 0.3) is 5.91 Å². The molecule has 1 amide bonds. The fourth-order valence-corrected chi connectivity index (χ4v) is 3.89. The van der Waals surface area contributed by atoms with Gasteiger partial charge in [0, 0.05) is 37.2 Å². The van der Waals surface area contributed by atoms with E-state index in [0.717, 1.165) is 28.6 Å². The van der Waals surface area contributed by atoms with E-state index in [1.165, 1.54) is 0 Å². The first-order valence-corrected chi connectivity index (χ1v) is 11.0. The molecule has 1 unspecified atom stereocenters. The van der Waals surface area contributed by atoms with Gasteiger partial charge in [-0.1, -0.05) is 6.07 Å². The molecule has 1 fully saturated rings. The number of fused-ring (bicyclic) bond motifs is 1. The number of hydrogen-bond donors (Lipinski definition) is 1. The van der Waals surface area contributed by atoms with Gasteiger partial charge in [0.05, 0.1) is 13.2 Å². The molecule has 0 spiro atoms. The van der Waals surface area contributed by atoms with Gasteiger partial charge in [0.1, 0.15) is 25.4 Å². The van der Waals surface area contributed by atoms with Crippen LogP contribution >= 0.6 is 0 Å². The Bertz CT molecular complexity index is 1120. The van der Waals surface area contributed by atoms with Gasteiger partial charge in [-0.05, 0) is 31.0 Å². The summed E-state index contributed by atoms with van der Waals surface area (Å²) >= 11 is 0. The number of nitrogens with one attached hydrogen (secondary N) is 1. The third-order valence-electron chi connectivity index (χ3n) is 5.57. The highest BCUT2D eigenvalue weighted by Gasteiger charge is 2.27. The molecule has 0 radical (unpaired) electrons. The number of morpholine rings is 1. The van der Waals surface area contributed by atoms with Crippen LogP contribution in [0.4, 0.5) is 5.82 Å². The maximum Gasteiger partial charge on any atom is 0.250 e. The maximum atomic E-state index is 12.8. The van der Waals surface area contributed by atoms with Crippen molar-refractivity contribution in [1.29, 1.82) is 0 Å². The molecule has 5 rings (SSSR count). The van der Waals surface area contributed by atoms with Gasteiger partial charge in [-0.15, -0.1) is 0 Å². The normalized spacial score (nSPS) is 17.6. The van der Waals surface area contributed by atoms with E-state index < -0.39 is 6.10 Å². The minimum absolute atomic E-state index is 0.127. The summed E-state index contributed by atoms with van der Waals surface area (Å²) in [4.78, 5) is 28.0. The second-order valence-corrected chi connectivity index (χ2v) is 7.96. The Morgan fingerprint density at radius 3 is 2.88 bits per heavy atom. The topological polar surface area (TPSA) is 104 Å². The molecule has 33 heavy (non-hydrogen) atoms. The van der Waals surface area contributed by atoms with Crippen LogP contribution in [0, 0.1) is 6.92 Å². The summed E-state index contributed by atoms with van der Waals surface area (Å²) in [5.74, 6) is 2.71. The van der Waals surface area contributed by atoms with E-state index in [1.807, 2.05) is 31.2 Å². The molecule has 2 aliphatic heterocycles. The summed E-state index contributed by atoms with van der Waals surface area (Å²) in [5.41, 5.74) is 1.92. The number of aromatic nitrogens is 4. The summed E-state index contributed by atoms with van der Waals surface area (Å²) in [6.07, 6.45) is 5.28. The predicted molar refractivity (Wildman–Crippen MR) is 120 cm³/mol. The molecule has 10 heteroatoms. The minimum Gasteiger partial charge on any atom is -0.486 e. The van der Waals surface area contributed by atoms with Crippen molar-refractivity contribution in [3.63, 3.8) is 0 Å². The van der Waals surface area contributed by atoms with Crippen molar-refractivity contribution >= 4 is 11.7 Å². The van der Waals surface area contributed by atoms with Crippen molar-refractivity contribution in [3.05, 3.63) is 54.2 Å². The number of rotatable bonds is 6. The average Bonchev–Trinajstić information content (AvgIpc) is 3.39. The fourth-order valence-electron chi connectivity index (χ4n) is 3.89. The van der Waals surface area contributed by atoms with E-state index in [-0.39, 0.29) is 5.91 Å². The van der Waals surface area contributed by atoms with Gasteiger partial charge in [-0.25, -0.2) is 9.97 Å². The van der Waals surface area contributed by atoms with Crippen LogP contribution in [0.25, 0.3) is 5.95 Å². The Balaban J connectivity index is 1.18. The number of carbonyl (C=O) groups is 1. The highest BCUT2D eigenvalue weighted by molar-refractivity contribution is 5.81. The zero-order valence-electron chi connectivity index (χ0n) is 18.4. The first-order chi connectivity index (χ1) is 16.2. The van der Waals surface area contributed by atoms with E-state index in [2.05, 4.69) is 25.2 Å². The van der Waals surface area contributed by atoms with Gasteiger partial charge in [-0.3, -0.25) is 9.36 Å². The summed E-state index contributed by atoms with van der Waals surface area (Å²) < 4.78 is 18.7. The lowest BCUT2D eigenvalue weighted by atomic mass is 10.1. The molecule has 4 heterocycles. The monoisotopic (exact) mass is 450 g/mol. The second kappa shape index (κ2) is 9.45. The van der Waals surface area contributed by atoms with Crippen LogP contribution in [0.2, 0.25) is 0 Å². The fraction of sp³-hybridized carbons (Fsp3) is 0.391. The number of nitrogens with zero attached hydrogens (tertiary/aromatic N) is 5. The second-order valence-electron chi connectivity index (χ2n) is 7.96. The number of benzene rings is 1. The largest absolute Gasteiger partial charge is 0.486 e. The number of hydrogen-bond acceptors (Lipinski definition) is 8. The van der Waals surface area contributed by atoms with E-state index in [9.17, 15) is 4.79 Å². The molecule has 0 bridgehead atoms. The Kier molecular flexibility index (Phi) is 6.07. The number of carbonyl (C=O) groups excluding carboxylic acids is 1. The third-order valence-corrected chi connectivity index (χ3v) is 5.57. The minimum atomic E-state index is -0.564. The van der Waals surface area contributed by atoms with Crippen LogP contribution in [-0.4, -0.2) is 71.0 Å². The van der Waals surface area contributed by atoms with Crippen LogP contribution in [0.15, 0.2) is 43.0 Å². The quantitative estimate of drug-likeness (QED) is 0.600. The molecule has 2 aliphatic rings. The molecule has 0 aliphatic carbocycles. The first-order valence-electron chi connectivity index (χ1n) is 11.0. The molecule has 172 valence electrons. The van der Waals surface area contributed by atoms with Crippen molar-refractivity contribution in [2.24, 2.45) is 0 Å². The molecule has 1 saturated heterocycles. The van der Waals surface area contributed by atoms with E-state index in [4.69, 9.17) is 14.2 Å². The molecule has 1 aromatic carbocycles. The molecular formula is C23H26N6O4. The summed E-state index contributed by atoms with van der Waals surface area (Å²) in [6.45, 7) is 5.09. The molecular weight excluding hydrogens is 424 g/mol. The van der Waals surface area contributed by atoms with Crippen molar-refractivity contribution < 1.29 is 19.0 Å². The first kappa shape index (κ1) is 21.2. The number of imidazole rings is 1. The van der Waals surface area contributed by atoms with E-state index >= 15 is 0 Å². The lowest BCUT2D eigenvalue weighted by molar-refractivity contribution is -0.133.